The van der Waals surface area contributed by atoms with Gasteiger partial charge in [0.05, 0.1) is 13.2 Å². The van der Waals surface area contributed by atoms with Crippen LogP contribution in [0.25, 0.3) is 0 Å². The number of ether oxygens (including phenoxy) is 1. The molecule has 1 rings (SSSR count). The maximum Gasteiger partial charge on any atom is 0.234 e. The molecule has 2 N–H and O–H groups in total. The quantitative estimate of drug-likeness (QED) is 0.765. The van der Waals surface area contributed by atoms with Crippen molar-refractivity contribution in [3.8, 4) is 0 Å². The Morgan fingerprint density at radius 3 is 2.45 bits per heavy atom. The first-order valence-corrected chi connectivity index (χ1v) is 7.10. The minimum Gasteiger partial charge on any atom is -0.380 e. The minimum atomic E-state index is 0.0374. The number of methoxy groups -OCH3 is 1. The van der Waals surface area contributed by atoms with Crippen LogP contribution in [0.4, 0.5) is 0 Å². The number of benzene rings is 1. The summed E-state index contributed by atoms with van der Waals surface area (Å²) in [7, 11) is 1.69. The Balaban J connectivity index is 2.39. The molecule has 112 valence electrons. The van der Waals surface area contributed by atoms with E-state index in [4.69, 9.17) is 4.74 Å². The summed E-state index contributed by atoms with van der Waals surface area (Å²) < 4.78 is 5.17. The van der Waals surface area contributed by atoms with Crippen LogP contribution < -0.4 is 10.6 Å². The van der Waals surface area contributed by atoms with Gasteiger partial charge in [0.25, 0.3) is 0 Å². The number of carbonyl (C=O) groups is 1. The lowest BCUT2D eigenvalue weighted by Crippen LogP contribution is -2.41. The molecule has 1 unspecified atom stereocenters. The van der Waals surface area contributed by atoms with Crippen molar-refractivity contribution in [1.29, 1.82) is 0 Å². The second-order valence-electron chi connectivity index (χ2n) is 5.41. The number of nitrogens with one attached hydrogen (secondary N) is 2. The minimum absolute atomic E-state index is 0.0374. The molecule has 1 amide bonds. The third-order valence-electron chi connectivity index (χ3n) is 3.41. The molecule has 0 aliphatic heterocycles. The van der Waals surface area contributed by atoms with E-state index >= 15 is 0 Å². The summed E-state index contributed by atoms with van der Waals surface area (Å²) >= 11 is 0. The Morgan fingerprint density at radius 1 is 1.20 bits per heavy atom. The lowest BCUT2D eigenvalue weighted by atomic mass is 10.1. The zero-order chi connectivity index (χ0) is 15.0. The molecule has 0 saturated heterocycles. The summed E-state index contributed by atoms with van der Waals surface area (Å²) in [4.78, 5) is 11.8. The molecule has 0 bridgehead atoms. The van der Waals surface area contributed by atoms with E-state index in [0.29, 0.717) is 25.6 Å². The predicted octanol–water partition coefficient (Wildman–Crippen LogP) is 2.08. The third-order valence-corrected chi connectivity index (χ3v) is 3.41. The SMILES string of the molecule is COCc1ccccc1CNCC(=O)NC(C)C(C)C. The van der Waals surface area contributed by atoms with E-state index in [-0.39, 0.29) is 11.9 Å². The van der Waals surface area contributed by atoms with E-state index in [2.05, 4.69) is 30.5 Å². The normalized spacial score (nSPS) is 12.4. The average molecular weight is 278 g/mol. The summed E-state index contributed by atoms with van der Waals surface area (Å²) in [6.45, 7) is 7.81. The first kappa shape index (κ1) is 16.7. The van der Waals surface area contributed by atoms with Crippen molar-refractivity contribution in [3.05, 3.63) is 35.4 Å². The standard InChI is InChI=1S/C16H26N2O2/c1-12(2)13(3)18-16(19)10-17-9-14-7-5-6-8-15(14)11-20-4/h5-8,12-13,17H,9-11H2,1-4H3,(H,18,19). The number of hydrogen-bond acceptors (Lipinski definition) is 3. The maximum absolute atomic E-state index is 11.8. The summed E-state index contributed by atoms with van der Waals surface area (Å²) in [5.41, 5.74) is 2.32. The van der Waals surface area contributed by atoms with Crippen LogP contribution in [0.1, 0.15) is 31.9 Å². The van der Waals surface area contributed by atoms with Gasteiger partial charge in [0.15, 0.2) is 0 Å². The molecule has 0 radical (unpaired) electrons. The highest BCUT2D eigenvalue weighted by molar-refractivity contribution is 5.78. The van der Waals surface area contributed by atoms with Gasteiger partial charge in [-0.2, -0.15) is 0 Å². The van der Waals surface area contributed by atoms with Gasteiger partial charge in [-0.1, -0.05) is 38.1 Å². The van der Waals surface area contributed by atoms with Crippen LogP contribution in [0.2, 0.25) is 0 Å². The molecule has 1 atom stereocenters. The number of hydrogen-bond donors (Lipinski definition) is 2. The lowest BCUT2D eigenvalue weighted by molar-refractivity contribution is -0.121. The maximum atomic E-state index is 11.8. The molecule has 1 aromatic carbocycles. The van der Waals surface area contributed by atoms with Gasteiger partial charge in [0.2, 0.25) is 5.91 Å². The number of carbonyl (C=O) groups excluding carboxylic acids is 1. The number of amides is 1. The Hall–Kier alpha value is -1.39. The van der Waals surface area contributed by atoms with Gasteiger partial charge in [-0.25, -0.2) is 0 Å². The van der Waals surface area contributed by atoms with Crippen LogP contribution in [0, 0.1) is 5.92 Å². The molecule has 4 nitrogen and oxygen atoms in total. The lowest BCUT2D eigenvalue weighted by Gasteiger charge is -2.17. The van der Waals surface area contributed by atoms with Crippen molar-refractivity contribution in [1.82, 2.24) is 10.6 Å². The van der Waals surface area contributed by atoms with E-state index in [9.17, 15) is 4.79 Å². The van der Waals surface area contributed by atoms with E-state index in [1.807, 2.05) is 25.1 Å². The zero-order valence-corrected chi connectivity index (χ0v) is 12.9. The molecule has 0 saturated carbocycles. The van der Waals surface area contributed by atoms with Crippen molar-refractivity contribution < 1.29 is 9.53 Å². The van der Waals surface area contributed by atoms with Gasteiger partial charge in [0.1, 0.15) is 0 Å². The molecule has 20 heavy (non-hydrogen) atoms. The van der Waals surface area contributed by atoms with Gasteiger partial charge in [-0.3, -0.25) is 4.79 Å². The van der Waals surface area contributed by atoms with Crippen LogP contribution in [-0.2, 0) is 22.7 Å². The Morgan fingerprint density at radius 2 is 1.85 bits per heavy atom. The summed E-state index contributed by atoms with van der Waals surface area (Å²) in [6, 6.07) is 8.29. The molecule has 0 fully saturated rings. The van der Waals surface area contributed by atoms with E-state index in [0.717, 1.165) is 5.56 Å². The highest BCUT2D eigenvalue weighted by Gasteiger charge is 2.10. The van der Waals surface area contributed by atoms with Crippen LogP contribution in [-0.4, -0.2) is 25.6 Å². The van der Waals surface area contributed by atoms with Crippen LogP contribution in [0.5, 0.6) is 0 Å². The van der Waals surface area contributed by atoms with Crippen molar-refractivity contribution in [2.75, 3.05) is 13.7 Å². The molecule has 0 aliphatic rings. The van der Waals surface area contributed by atoms with Crippen molar-refractivity contribution in [3.63, 3.8) is 0 Å². The predicted molar refractivity (Wildman–Crippen MR) is 81.3 cm³/mol. The van der Waals surface area contributed by atoms with Crippen LogP contribution >= 0.6 is 0 Å². The van der Waals surface area contributed by atoms with Crippen LogP contribution in [0.3, 0.4) is 0 Å². The summed E-state index contributed by atoms with van der Waals surface area (Å²) in [6.07, 6.45) is 0. The third kappa shape index (κ3) is 5.72. The second-order valence-corrected chi connectivity index (χ2v) is 5.41. The van der Waals surface area contributed by atoms with E-state index in [1.165, 1.54) is 5.56 Å². The summed E-state index contributed by atoms with van der Waals surface area (Å²) in [5, 5.41) is 6.16. The first-order chi connectivity index (χ1) is 9.54. The molecule has 4 heteroatoms. The van der Waals surface area contributed by atoms with Gasteiger partial charge in [-0.05, 0) is 24.0 Å². The van der Waals surface area contributed by atoms with Crippen molar-refractivity contribution in [2.45, 2.75) is 40.0 Å². The molecule has 0 spiro atoms. The Bertz CT molecular complexity index is 419. The highest BCUT2D eigenvalue weighted by Crippen LogP contribution is 2.09. The fourth-order valence-electron chi connectivity index (χ4n) is 1.81. The summed E-state index contributed by atoms with van der Waals surface area (Å²) in [5.74, 6) is 0.483. The monoisotopic (exact) mass is 278 g/mol. The topological polar surface area (TPSA) is 50.4 Å². The highest BCUT2D eigenvalue weighted by atomic mass is 16.5. The van der Waals surface area contributed by atoms with Crippen molar-refractivity contribution >= 4 is 5.91 Å². The van der Waals surface area contributed by atoms with Gasteiger partial charge in [0, 0.05) is 19.7 Å². The fourth-order valence-corrected chi connectivity index (χ4v) is 1.81. The zero-order valence-electron chi connectivity index (χ0n) is 12.9. The molecule has 0 aromatic heterocycles. The molecular weight excluding hydrogens is 252 g/mol. The van der Waals surface area contributed by atoms with Gasteiger partial charge < -0.3 is 15.4 Å². The Labute approximate surface area is 121 Å². The average Bonchev–Trinajstić information content (AvgIpc) is 2.40. The first-order valence-electron chi connectivity index (χ1n) is 7.10. The van der Waals surface area contributed by atoms with Crippen molar-refractivity contribution in [2.24, 2.45) is 5.92 Å². The molecule has 0 aliphatic carbocycles. The largest absolute Gasteiger partial charge is 0.380 e. The second kappa shape index (κ2) is 8.72. The van der Waals surface area contributed by atoms with E-state index in [1.54, 1.807) is 7.11 Å². The van der Waals surface area contributed by atoms with Gasteiger partial charge in [-0.15, -0.1) is 0 Å². The molecule has 1 aromatic rings. The molecule has 0 heterocycles. The van der Waals surface area contributed by atoms with Crippen LogP contribution in [0.15, 0.2) is 24.3 Å². The van der Waals surface area contributed by atoms with E-state index < -0.39 is 0 Å². The van der Waals surface area contributed by atoms with Gasteiger partial charge >= 0.3 is 0 Å². The molecular formula is C16H26N2O2. The fraction of sp³-hybridized carbons (Fsp3) is 0.562. The smallest absolute Gasteiger partial charge is 0.234 e. The number of rotatable bonds is 8. The Kier molecular flexibility index (Phi) is 7.26.